The van der Waals surface area contributed by atoms with Gasteiger partial charge >= 0.3 is 0 Å². The highest BCUT2D eigenvalue weighted by molar-refractivity contribution is 6.00. The Bertz CT molecular complexity index is 1020. The van der Waals surface area contributed by atoms with E-state index in [0.717, 1.165) is 17.0 Å². The predicted octanol–water partition coefficient (Wildman–Crippen LogP) is 2.99. The summed E-state index contributed by atoms with van der Waals surface area (Å²) in [4.78, 5) is 17.3. The van der Waals surface area contributed by atoms with E-state index in [0.29, 0.717) is 24.4 Å². The van der Waals surface area contributed by atoms with Crippen molar-refractivity contribution in [1.82, 2.24) is 14.8 Å². The molecule has 0 saturated carbocycles. The molecule has 0 amide bonds. The molecule has 0 unspecified atom stereocenters. The van der Waals surface area contributed by atoms with Crippen LogP contribution in [-0.2, 0) is 4.79 Å². The number of rotatable bonds is 2. The second-order valence-corrected chi connectivity index (χ2v) is 6.59. The van der Waals surface area contributed by atoms with Crippen LogP contribution in [0.5, 0.6) is 5.75 Å². The summed E-state index contributed by atoms with van der Waals surface area (Å²) in [6, 6.07) is 10.3. The van der Waals surface area contributed by atoms with Gasteiger partial charge in [0.15, 0.2) is 5.78 Å². The van der Waals surface area contributed by atoms with Gasteiger partial charge in [0.1, 0.15) is 23.9 Å². The number of ketones is 1. The molecular weight excluding hydrogens is 332 g/mol. The molecule has 5 rings (SSSR count). The molecule has 2 atom stereocenters. The lowest BCUT2D eigenvalue weighted by Crippen LogP contribution is -2.33. The first-order valence-electron chi connectivity index (χ1n) is 8.46. The monoisotopic (exact) mass is 348 g/mol. The van der Waals surface area contributed by atoms with Crippen molar-refractivity contribution in [3.05, 3.63) is 71.6 Å². The highest BCUT2D eigenvalue weighted by atomic mass is 16.3. The topological polar surface area (TPSA) is 93.2 Å². The molecule has 26 heavy (non-hydrogen) atoms. The van der Waals surface area contributed by atoms with Gasteiger partial charge in [-0.3, -0.25) is 4.79 Å². The smallest absolute Gasteiger partial charge is 0.226 e. The fourth-order valence-electron chi connectivity index (χ4n) is 3.88. The van der Waals surface area contributed by atoms with Crippen molar-refractivity contribution >= 4 is 11.7 Å². The van der Waals surface area contributed by atoms with Crippen molar-refractivity contribution in [1.29, 1.82) is 0 Å². The van der Waals surface area contributed by atoms with Crippen molar-refractivity contribution in [2.75, 3.05) is 5.32 Å². The fraction of sp³-hybridized carbons (Fsp3) is 0.211. The first kappa shape index (κ1) is 14.9. The molecule has 2 N–H and O–H groups in total. The van der Waals surface area contributed by atoms with Gasteiger partial charge in [-0.05, 0) is 36.2 Å². The minimum Gasteiger partial charge on any atom is -0.508 e. The number of allylic oxidation sites excluding steroid dienone is 2. The Morgan fingerprint density at radius 3 is 2.96 bits per heavy atom. The lowest BCUT2D eigenvalue weighted by molar-refractivity contribution is -0.117. The Kier molecular flexibility index (Phi) is 3.21. The average molecular weight is 348 g/mol. The number of benzene rings is 1. The molecule has 1 aliphatic heterocycles. The standard InChI is InChI=1S/C19H16N4O3/c24-13-4-1-3-11(7-13)18-17-14(22-19-20-10-21-23(18)19)8-12(9-15(17)25)16-5-2-6-26-16/h1-7,10,12,18,24H,8-9H2,(H,20,21,22)/t12-,18+/m1/s1. The van der Waals surface area contributed by atoms with Crippen molar-refractivity contribution < 1.29 is 14.3 Å². The normalized spacial score (nSPS) is 21.9. The highest BCUT2D eigenvalue weighted by Crippen LogP contribution is 2.44. The zero-order valence-corrected chi connectivity index (χ0v) is 13.8. The van der Waals surface area contributed by atoms with E-state index in [9.17, 15) is 9.90 Å². The third-order valence-corrected chi connectivity index (χ3v) is 4.99. The van der Waals surface area contributed by atoms with Crippen molar-refractivity contribution in [2.24, 2.45) is 0 Å². The molecule has 0 spiro atoms. The Hall–Kier alpha value is -3.35. The number of furan rings is 1. The average Bonchev–Trinajstić information content (AvgIpc) is 3.31. The van der Waals surface area contributed by atoms with Gasteiger partial charge in [0.2, 0.25) is 5.95 Å². The number of Topliss-reactive ketones (excluding diaryl/α,β-unsaturated/α-hetero) is 1. The molecule has 0 fully saturated rings. The number of anilines is 1. The van der Waals surface area contributed by atoms with Crippen molar-refractivity contribution in [3.8, 4) is 5.75 Å². The molecule has 2 aromatic heterocycles. The Balaban J connectivity index is 1.63. The van der Waals surface area contributed by atoms with Crippen LogP contribution >= 0.6 is 0 Å². The maximum atomic E-state index is 13.1. The van der Waals surface area contributed by atoms with E-state index in [2.05, 4.69) is 15.4 Å². The van der Waals surface area contributed by atoms with Crippen LogP contribution < -0.4 is 5.32 Å². The Labute approximate surface area is 149 Å². The molecule has 2 aliphatic rings. The van der Waals surface area contributed by atoms with Gasteiger partial charge in [0.25, 0.3) is 0 Å². The molecule has 130 valence electrons. The van der Waals surface area contributed by atoms with Gasteiger partial charge in [-0.2, -0.15) is 10.1 Å². The summed E-state index contributed by atoms with van der Waals surface area (Å²) in [6.07, 6.45) is 4.14. The third kappa shape index (κ3) is 2.24. The number of aromatic hydroxyl groups is 1. The largest absolute Gasteiger partial charge is 0.508 e. The SMILES string of the molecule is O=C1C[C@H](c2ccco2)CC2=C1[C@H](c1cccc(O)c1)n1ncnc1N2. The zero-order valence-electron chi connectivity index (χ0n) is 13.8. The lowest BCUT2D eigenvalue weighted by Gasteiger charge is -2.34. The van der Waals surface area contributed by atoms with Gasteiger partial charge in [0.05, 0.1) is 6.26 Å². The van der Waals surface area contributed by atoms with Crippen LogP contribution in [0.1, 0.15) is 36.1 Å². The van der Waals surface area contributed by atoms with Crippen LogP contribution in [-0.4, -0.2) is 25.7 Å². The fourth-order valence-corrected chi connectivity index (χ4v) is 3.88. The zero-order chi connectivity index (χ0) is 17.7. The summed E-state index contributed by atoms with van der Waals surface area (Å²) in [5, 5.41) is 17.5. The second kappa shape index (κ2) is 5.59. The van der Waals surface area contributed by atoms with Crippen LogP contribution in [0.15, 0.2) is 64.7 Å². The number of carbonyl (C=O) groups excluding carboxylic acids is 1. The first-order valence-corrected chi connectivity index (χ1v) is 8.46. The molecule has 7 nitrogen and oxygen atoms in total. The number of hydrogen-bond acceptors (Lipinski definition) is 6. The molecule has 1 aromatic carbocycles. The molecule has 0 radical (unpaired) electrons. The minimum absolute atomic E-state index is 0.00282. The van der Waals surface area contributed by atoms with Crippen LogP contribution in [0, 0.1) is 0 Å². The van der Waals surface area contributed by atoms with Gasteiger partial charge in [-0.1, -0.05) is 12.1 Å². The van der Waals surface area contributed by atoms with E-state index in [4.69, 9.17) is 4.42 Å². The molecule has 1 aliphatic carbocycles. The van der Waals surface area contributed by atoms with Crippen LogP contribution in [0.3, 0.4) is 0 Å². The number of aromatic nitrogens is 3. The maximum absolute atomic E-state index is 13.1. The molecule has 3 aromatic rings. The maximum Gasteiger partial charge on any atom is 0.226 e. The van der Waals surface area contributed by atoms with Gasteiger partial charge < -0.3 is 14.8 Å². The van der Waals surface area contributed by atoms with E-state index in [1.807, 2.05) is 18.2 Å². The summed E-state index contributed by atoms with van der Waals surface area (Å²) in [6.45, 7) is 0. The Morgan fingerprint density at radius 1 is 1.23 bits per heavy atom. The summed E-state index contributed by atoms with van der Waals surface area (Å²) < 4.78 is 7.21. The van der Waals surface area contributed by atoms with Crippen LogP contribution in [0.2, 0.25) is 0 Å². The summed E-state index contributed by atoms with van der Waals surface area (Å²) >= 11 is 0. The summed E-state index contributed by atoms with van der Waals surface area (Å²) in [7, 11) is 0. The summed E-state index contributed by atoms with van der Waals surface area (Å²) in [5.74, 6) is 1.61. The number of nitrogens with one attached hydrogen (secondary N) is 1. The second-order valence-electron chi connectivity index (χ2n) is 6.59. The van der Waals surface area contributed by atoms with E-state index in [1.54, 1.807) is 29.1 Å². The predicted molar refractivity (Wildman–Crippen MR) is 92.6 cm³/mol. The van der Waals surface area contributed by atoms with Gasteiger partial charge in [-0.25, -0.2) is 4.68 Å². The van der Waals surface area contributed by atoms with Crippen molar-refractivity contribution in [3.63, 3.8) is 0 Å². The quantitative estimate of drug-likeness (QED) is 0.739. The van der Waals surface area contributed by atoms with Crippen molar-refractivity contribution in [2.45, 2.75) is 24.8 Å². The number of nitrogens with zero attached hydrogens (tertiary/aromatic N) is 3. The van der Waals surface area contributed by atoms with Crippen LogP contribution in [0.25, 0.3) is 0 Å². The minimum atomic E-state index is -0.402. The molecule has 0 saturated heterocycles. The van der Waals surface area contributed by atoms with E-state index in [1.165, 1.54) is 6.33 Å². The Morgan fingerprint density at radius 2 is 2.15 bits per heavy atom. The lowest BCUT2D eigenvalue weighted by atomic mass is 9.79. The van der Waals surface area contributed by atoms with E-state index >= 15 is 0 Å². The number of carbonyl (C=O) groups is 1. The molecule has 7 heteroatoms. The van der Waals surface area contributed by atoms with Crippen LogP contribution in [0.4, 0.5) is 5.95 Å². The van der Waals surface area contributed by atoms with Gasteiger partial charge in [0, 0.05) is 23.6 Å². The number of hydrogen-bond donors (Lipinski definition) is 2. The number of phenolic OH excluding ortho intramolecular Hbond substituents is 1. The highest BCUT2D eigenvalue weighted by Gasteiger charge is 2.39. The van der Waals surface area contributed by atoms with Gasteiger partial charge in [-0.15, -0.1) is 0 Å². The van der Waals surface area contributed by atoms with E-state index in [-0.39, 0.29) is 17.5 Å². The molecule has 0 bridgehead atoms. The molecular formula is C19H16N4O3. The van der Waals surface area contributed by atoms with E-state index < -0.39 is 6.04 Å². The first-order chi connectivity index (χ1) is 12.7. The number of phenols is 1. The molecule has 3 heterocycles. The third-order valence-electron chi connectivity index (χ3n) is 4.99. The number of fused-ring (bicyclic) bond motifs is 1. The summed E-state index contributed by atoms with van der Waals surface area (Å²) in [5.41, 5.74) is 2.32.